The predicted molar refractivity (Wildman–Crippen MR) is 169 cm³/mol. The van der Waals surface area contributed by atoms with Crippen LogP contribution in [0, 0.1) is 0 Å². The van der Waals surface area contributed by atoms with E-state index in [9.17, 15) is 9.59 Å². The molecule has 0 fully saturated rings. The summed E-state index contributed by atoms with van der Waals surface area (Å²) in [7, 11) is 1.93. The van der Waals surface area contributed by atoms with Gasteiger partial charge in [0, 0.05) is 29.4 Å². The van der Waals surface area contributed by atoms with E-state index in [0.717, 1.165) is 39.0 Å². The average molecular weight is 557 g/mol. The third-order valence-corrected chi connectivity index (χ3v) is 8.11. The van der Waals surface area contributed by atoms with Crippen LogP contribution in [0.4, 0.5) is 0 Å². The van der Waals surface area contributed by atoms with E-state index in [1.54, 1.807) is 6.08 Å². The number of ketones is 2. The highest BCUT2D eigenvalue weighted by Gasteiger charge is 2.34. The highest BCUT2D eigenvalue weighted by Crippen LogP contribution is 2.34. The first-order valence-electron chi connectivity index (χ1n) is 14.1. The Balaban J connectivity index is 1.25. The maximum Gasteiger partial charge on any atom is 0.197 e. The Kier molecular flexibility index (Phi) is 5.55. The highest BCUT2D eigenvalue weighted by atomic mass is 16.2. The van der Waals surface area contributed by atoms with Gasteiger partial charge >= 0.3 is 0 Å². The van der Waals surface area contributed by atoms with Gasteiger partial charge < -0.3 is 4.57 Å². The number of carbonyl (C=O) groups is 2. The zero-order valence-corrected chi connectivity index (χ0v) is 23.2. The number of para-hydroxylation sites is 1. The number of aryl methyl sites for hydroxylation is 1. The van der Waals surface area contributed by atoms with Crippen molar-refractivity contribution in [2.24, 2.45) is 7.05 Å². The second-order valence-corrected chi connectivity index (χ2v) is 10.7. The van der Waals surface area contributed by atoms with Crippen LogP contribution in [0.15, 0.2) is 127 Å². The molecule has 0 radical (unpaired) electrons. The summed E-state index contributed by atoms with van der Waals surface area (Å²) in [4.78, 5) is 37.1. The minimum Gasteiger partial charge on any atom is -0.310 e. The number of hydrogen-bond acceptors (Lipinski definition) is 4. The van der Waals surface area contributed by atoms with Crippen molar-refractivity contribution in [2.45, 2.75) is 0 Å². The SMILES string of the molecule is Cn1c(-c2ccc(-c3ccccc3)cc2)nc2c1nc(C=C1C(=O)c3cc4ccccc4cc3C1=O)n2-c1ccccc1. The molecule has 1 aliphatic rings. The van der Waals surface area contributed by atoms with Gasteiger partial charge in [-0.05, 0) is 52.2 Å². The fourth-order valence-corrected chi connectivity index (χ4v) is 5.92. The summed E-state index contributed by atoms with van der Waals surface area (Å²) >= 11 is 0. The Morgan fingerprint density at radius 2 is 1.12 bits per heavy atom. The number of benzene rings is 5. The maximum absolute atomic E-state index is 13.5. The van der Waals surface area contributed by atoms with Crippen LogP contribution in [0.5, 0.6) is 0 Å². The molecule has 0 N–H and O–H groups in total. The van der Waals surface area contributed by atoms with Crippen molar-refractivity contribution in [1.29, 1.82) is 0 Å². The molecule has 0 atom stereocenters. The van der Waals surface area contributed by atoms with Crippen LogP contribution in [0.1, 0.15) is 26.5 Å². The first-order valence-corrected chi connectivity index (χ1v) is 14.1. The van der Waals surface area contributed by atoms with Crippen LogP contribution < -0.4 is 0 Å². The molecule has 1 aliphatic carbocycles. The number of nitrogens with zero attached hydrogens (tertiary/aromatic N) is 4. The van der Waals surface area contributed by atoms with Gasteiger partial charge in [0.2, 0.25) is 0 Å². The molecule has 43 heavy (non-hydrogen) atoms. The second kappa shape index (κ2) is 9.60. The molecule has 6 heteroatoms. The van der Waals surface area contributed by atoms with Crippen LogP contribution in [0.2, 0.25) is 0 Å². The third kappa shape index (κ3) is 3.95. The molecule has 0 aliphatic heterocycles. The fourth-order valence-electron chi connectivity index (χ4n) is 5.92. The lowest BCUT2D eigenvalue weighted by molar-refractivity contribution is 0.0990. The lowest BCUT2D eigenvalue weighted by Crippen LogP contribution is -2.04. The summed E-state index contributed by atoms with van der Waals surface area (Å²) < 4.78 is 3.86. The first-order chi connectivity index (χ1) is 21.1. The van der Waals surface area contributed by atoms with Crippen molar-refractivity contribution in [3.8, 4) is 28.2 Å². The van der Waals surface area contributed by atoms with Crippen LogP contribution in [-0.4, -0.2) is 30.7 Å². The van der Waals surface area contributed by atoms with Crippen molar-refractivity contribution in [1.82, 2.24) is 19.1 Å². The molecule has 7 aromatic rings. The Morgan fingerprint density at radius 1 is 0.581 bits per heavy atom. The van der Waals surface area contributed by atoms with Crippen LogP contribution in [0.3, 0.4) is 0 Å². The molecule has 2 aromatic heterocycles. The van der Waals surface area contributed by atoms with Crippen LogP contribution in [0.25, 0.3) is 56.3 Å². The summed E-state index contributed by atoms with van der Waals surface area (Å²) in [6.07, 6.45) is 1.61. The summed E-state index contributed by atoms with van der Waals surface area (Å²) in [5, 5.41) is 1.85. The molecule has 204 valence electrons. The fraction of sp³-hybridized carbons (Fsp3) is 0.0270. The Morgan fingerprint density at radius 3 is 1.74 bits per heavy atom. The van der Waals surface area contributed by atoms with Gasteiger partial charge in [0.25, 0.3) is 0 Å². The van der Waals surface area contributed by atoms with Crippen molar-refractivity contribution in [3.05, 3.63) is 144 Å². The van der Waals surface area contributed by atoms with Crippen molar-refractivity contribution < 1.29 is 9.59 Å². The van der Waals surface area contributed by atoms with E-state index in [4.69, 9.17) is 9.97 Å². The molecule has 0 amide bonds. The van der Waals surface area contributed by atoms with Gasteiger partial charge in [-0.25, -0.2) is 9.97 Å². The quantitative estimate of drug-likeness (QED) is 0.164. The number of hydrogen-bond donors (Lipinski definition) is 0. The van der Waals surface area contributed by atoms with Crippen molar-refractivity contribution in [2.75, 3.05) is 0 Å². The Hall–Kier alpha value is -5.88. The number of rotatable bonds is 4. The van der Waals surface area contributed by atoms with Gasteiger partial charge in [-0.15, -0.1) is 0 Å². The molecule has 0 unspecified atom stereocenters. The molecule has 0 saturated heterocycles. The van der Waals surface area contributed by atoms with Gasteiger partial charge in [-0.2, -0.15) is 0 Å². The van der Waals surface area contributed by atoms with Gasteiger partial charge in [0.1, 0.15) is 11.6 Å². The van der Waals surface area contributed by atoms with Crippen LogP contribution >= 0.6 is 0 Å². The van der Waals surface area contributed by atoms with Crippen molar-refractivity contribution in [3.63, 3.8) is 0 Å². The first kappa shape index (κ1) is 24.9. The number of aromatic nitrogens is 4. The summed E-state index contributed by atoms with van der Waals surface area (Å²) in [6.45, 7) is 0. The van der Waals surface area contributed by atoms with E-state index >= 15 is 0 Å². The number of fused-ring (bicyclic) bond motifs is 3. The van der Waals surface area contributed by atoms with E-state index in [0.29, 0.717) is 28.2 Å². The van der Waals surface area contributed by atoms with E-state index in [1.165, 1.54) is 0 Å². The standard InChI is InChI=1S/C37H24N4O2/c1-40-35(25-18-16-24(17-19-25)23-10-4-2-5-11-23)39-37-36(40)38-32(41(37)28-14-6-3-7-15-28)22-31-33(42)29-20-26-12-8-9-13-27(26)21-30(29)34(31)43/h2-22H,1H3. The van der Waals surface area contributed by atoms with Gasteiger partial charge in [0.15, 0.2) is 22.9 Å². The number of carbonyl (C=O) groups excluding carboxylic acids is 2. The normalized spacial score (nSPS) is 12.8. The molecule has 0 saturated carbocycles. The van der Waals surface area contributed by atoms with E-state index in [1.807, 2.05) is 101 Å². The lowest BCUT2D eigenvalue weighted by Gasteiger charge is -2.07. The van der Waals surface area contributed by atoms with Crippen molar-refractivity contribution >= 4 is 39.7 Å². The minimum absolute atomic E-state index is 0.106. The molecule has 2 heterocycles. The number of imidazole rings is 2. The monoisotopic (exact) mass is 556 g/mol. The second-order valence-electron chi connectivity index (χ2n) is 10.7. The summed E-state index contributed by atoms with van der Waals surface area (Å²) in [6, 6.07) is 39.7. The number of Topliss-reactive ketones (excluding diaryl/α,β-unsaturated/α-hetero) is 2. The van der Waals surface area contributed by atoms with Crippen LogP contribution in [-0.2, 0) is 7.05 Å². The van der Waals surface area contributed by atoms with E-state index in [-0.39, 0.29) is 17.1 Å². The largest absolute Gasteiger partial charge is 0.310 e. The number of allylic oxidation sites excluding steroid dienone is 1. The van der Waals surface area contributed by atoms with Gasteiger partial charge in [-0.1, -0.05) is 97.1 Å². The summed E-state index contributed by atoms with van der Waals surface area (Å²) in [5.74, 6) is 0.668. The van der Waals surface area contributed by atoms with Gasteiger partial charge in [0.05, 0.1) is 5.57 Å². The average Bonchev–Trinajstić information content (AvgIpc) is 3.65. The molecule has 5 aromatic carbocycles. The highest BCUT2D eigenvalue weighted by molar-refractivity contribution is 6.42. The Labute approximate surface area is 247 Å². The lowest BCUT2D eigenvalue weighted by atomic mass is 10.0. The molecule has 6 nitrogen and oxygen atoms in total. The molecule has 0 bridgehead atoms. The molecule has 8 rings (SSSR count). The topological polar surface area (TPSA) is 69.8 Å². The molecule has 0 spiro atoms. The van der Waals surface area contributed by atoms with Gasteiger partial charge in [-0.3, -0.25) is 14.2 Å². The molecular formula is C37H24N4O2. The maximum atomic E-state index is 13.5. The smallest absolute Gasteiger partial charge is 0.197 e. The Bertz CT molecular complexity index is 2200. The molecular weight excluding hydrogens is 532 g/mol. The van der Waals surface area contributed by atoms with E-state index < -0.39 is 0 Å². The third-order valence-electron chi connectivity index (χ3n) is 8.11. The van der Waals surface area contributed by atoms with E-state index in [2.05, 4.69) is 36.4 Å². The zero-order chi connectivity index (χ0) is 29.1. The predicted octanol–water partition coefficient (Wildman–Crippen LogP) is 7.71. The summed E-state index contributed by atoms with van der Waals surface area (Å²) in [5.41, 5.74) is 6.33. The minimum atomic E-state index is -0.287. The zero-order valence-electron chi connectivity index (χ0n) is 23.2.